The predicted molar refractivity (Wildman–Crippen MR) is 138 cm³/mol. The molecule has 8 heteroatoms. The number of carbonyl (C=O) groups is 2. The van der Waals surface area contributed by atoms with E-state index in [1.165, 1.54) is 4.90 Å². The minimum absolute atomic E-state index is 0.0275. The Kier molecular flexibility index (Phi) is 7.36. The third kappa shape index (κ3) is 5.96. The molecule has 2 heterocycles. The zero-order valence-corrected chi connectivity index (χ0v) is 21.3. The van der Waals surface area contributed by atoms with Crippen LogP contribution in [0.1, 0.15) is 57.3 Å². The molecule has 4 rings (SSSR count). The number of likely N-dealkylation sites (tertiary alicyclic amines) is 1. The van der Waals surface area contributed by atoms with Gasteiger partial charge >= 0.3 is 6.09 Å². The van der Waals surface area contributed by atoms with Crippen molar-refractivity contribution in [2.24, 2.45) is 0 Å². The molecule has 7 nitrogen and oxygen atoms in total. The average molecular weight is 497 g/mol. The molecule has 1 aliphatic heterocycles. The van der Waals surface area contributed by atoms with Gasteiger partial charge in [0.25, 0.3) is 0 Å². The van der Waals surface area contributed by atoms with Gasteiger partial charge in [-0.05, 0) is 69.9 Å². The highest BCUT2D eigenvalue weighted by Crippen LogP contribution is 2.29. The van der Waals surface area contributed by atoms with Crippen molar-refractivity contribution in [1.29, 1.82) is 0 Å². The molecule has 1 fully saturated rings. The van der Waals surface area contributed by atoms with Crippen LogP contribution in [0.15, 0.2) is 48.5 Å². The number of hydrogen-bond acceptors (Lipinski definition) is 3. The van der Waals surface area contributed by atoms with Crippen LogP contribution in [0.2, 0.25) is 5.02 Å². The minimum atomic E-state index is -1.02. The molecule has 0 radical (unpaired) electrons. The monoisotopic (exact) mass is 496 g/mol. The highest BCUT2D eigenvalue weighted by molar-refractivity contribution is 6.30. The molecule has 1 saturated heterocycles. The van der Waals surface area contributed by atoms with Gasteiger partial charge in [0.2, 0.25) is 5.91 Å². The van der Waals surface area contributed by atoms with E-state index in [9.17, 15) is 14.7 Å². The molecular formula is C27H33ClN4O3. The summed E-state index contributed by atoms with van der Waals surface area (Å²) in [7, 11) is 0. The zero-order valence-electron chi connectivity index (χ0n) is 20.5. The molecule has 0 bridgehead atoms. The van der Waals surface area contributed by atoms with Gasteiger partial charge in [0.15, 0.2) is 0 Å². The summed E-state index contributed by atoms with van der Waals surface area (Å²) >= 11 is 6.04. The van der Waals surface area contributed by atoms with Gasteiger partial charge in [0.05, 0.1) is 11.0 Å². The average Bonchev–Trinajstić information content (AvgIpc) is 3.24. The first-order chi connectivity index (χ1) is 16.6. The molecule has 1 aliphatic rings. The number of aromatic amines is 1. The van der Waals surface area contributed by atoms with Crippen molar-refractivity contribution < 1.29 is 14.7 Å². The van der Waals surface area contributed by atoms with Gasteiger partial charge in [-0.25, -0.2) is 9.78 Å². The van der Waals surface area contributed by atoms with Gasteiger partial charge in [-0.1, -0.05) is 35.9 Å². The fourth-order valence-corrected chi connectivity index (χ4v) is 5.19. The van der Waals surface area contributed by atoms with Crippen molar-refractivity contribution >= 4 is 34.6 Å². The van der Waals surface area contributed by atoms with Gasteiger partial charge in [0.1, 0.15) is 5.82 Å². The van der Waals surface area contributed by atoms with E-state index in [4.69, 9.17) is 16.6 Å². The normalized spacial score (nSPS) is 17.4. The van der Waals surface area contributed by atoms with E-state index in [1.807, 2.05) is 62.1 Å². The molecule has 2 N–H and O–H groups in total. The zero-order chi connectivity index (χ0) is 25.2. The third-order valence-corrected chi connectivity index (χ3v) is 6.91. The van der Waals surface area contributed by atoms with Gasteiger partial charge in [-0.3, -0.25) is 9.69 Å². The molecule has 1 unspecified atom stereocenters. The maximum Gasteiger partial charge on any atom is 0.408 e. The number of nitrogens with one attached hydrogen (secondary N) is 1. The second kappa shape index (κ2) is 10.3. The lowest BCUT2D eigenvalue weighted by molar-refractivity contribution is -0.134. The lowest BCUT2D eigenvalue weighted by Gasteiger charge is -2.41. The van der Waals surface area contributed by atoms with Crippen molar-refractivity contribution in [2.75, 3.05) is 13.1 Å². The number of rotatable bonds is 6. The summed E-state index contributed by atoms with van der Waals surface area (Å²) in [5.74, 6) is 1.01. The number of nitrogens with zero attached hydrogens (tertiary/aromatic N) is 3. The quantitative estimate of drug-likeness (QED) is 0.458. The summed E-state index contributed by atoms with van der Waals surface area (Å²) < 4.78 is 0. The van der Waals surface area contributed by atoms with E-state index in [0.717, 1.165) is 35.3 Å². The second-order valence-corrected chi connectivity index (χ2v) is 10.8. The van der Waals surface area contributed by atoms with E-state index in [2.05, 4.69) is 4.98 Å². The summed E-state index contributed by atoms with van der Waals surface area (Å²) in [6, 6.07) is 14.8. The number of fused-ring (bicyclic) bond motifs is 1. The molecule has 2 aromatic carbocycles. The summed E-state index contributed by atoms with van der Waals surface area (Å²) in [5, 5.41) is 10.7. The molecule has 1 aromatic heterocycles. The molecule has 0 aliphatic carbocycles. The van der Waals surface area contributed by atoms with Crippen molar-refractivity contribution in [2.45, 2.75) is 64.0 Å². The summed E-state index contributed by atoms with van der Waals surface area (Å²) in [5.41, 5.74) is 2.22. The summed E-state index contributed by atoms with van der Waals surface area (Å²) in [6.45, 7) is 6.83. The van der Waals surface area contributed by atoms with E-state index < -0.39 is 17.7 Å². The van der Waals surface area contributed by atoms with Crippen LogP contribution in [0.4, 0.5) is 4.79 Å². The largest absolute Gasteiger partial charge is 0.465 e. The molecule has 2 atom stereocenters. The maximum absolute atomic E-state index is 13.5. The van der Waals surface area contributed by atoms with Crippen LogP contribution in [0, 0.1) is 0 Å². The van der Waals surface area contributed by atoms with Crippen LogP contribution in [0.25, 0.3) is 11.0 Å². The number of imidazole rings is 1. The van der Waals surface area contributed by atoms with Crippen molar-refractivity contribution in [3.8, 4) is 0 Å². The standard InChI is InChI=1S/C27H33ClN4O3/c1-27(2,3)32(26(34)35)21(15-18-10-12-20(28)13-11-18)16-24(33)31-14-6-7-19(17-31)25-29-22-8-4-5-9-23(22)30-25/h4-5,8-13,19,21H,6-7,14-17H2,1-3H3,(H,29,30)(H,34,35)/t19?,21-/m1/s1. The number of hydrogen-bond donors (Lipinski definition) is 2. The molecule has 35 heavy (non-hydrogen) atoms. The number of H-pyrrole nitrogens is 1. The highest BCUT2D eigenvalue weighted by atomic mass is 35.5. The Morgan fingerprint density at radius 2 is 1.91 bits per heavy atom. The number of piperidine rings is 1. The Hall–Kier alpha value is -3.06. The highest BCUT2D eigenvalue weighted by Gasteiger charge is 2.36. The molecule has 3 aromatic rings. The van der Waals surface area contributed by atoms with E-state index >= 15 is 0 Å². The Morgan fingerprint density at radius 3 is 2.57 bits per heavy atom. The fourth-order valence-electron chi connectivity index (χ4n) is 5.06. The number of carbonyl (C=O) groups excluding carboxylic acids is 1. The van der Waals surface area contributed by atoms with Crippen molar-refractivity contribution in [1.82, 2.24) is 19.8 Å². The van der Waals surface area contributed by atoms with Crippen LogP contribution in [-0.2, 0) is 11.2 Å². The van der Waals surface area contributed by atoms with Crippen LogP contribution in [-0.4, -0.2) is 61.5 Å². The van der Waals surface area contributed by atoms with Crippen LogP contribution in [0.5, 0.6) is 0 Å². The lowest BCUT2D eigenvalue weighted by atomic mass is 9.94. The van der Waals surface area contributed by atoms with Crippen LogP contribution >= 0.6 is 11.6 Å². The van der Waals surface area contributed by atoms with Crippen LogP contribution < -0.4 is 0 Å². The van der Waals surface area contributed by atoms with Crippen molar-refractivity contribution in [3.05, 3.63) is 64.9 Å². The predicted octanol–water partition coefficient (Wildman–Crippen LogP) is 5.70. The number of para-hydroxylation sites is 2. The minimum Gasteiger partial charge on any atom is -0.465 e. The SMILES string of the molecule is CC(C)(C)N(C(=O)O)[C@@H](CC(=O)N1CCCC(c2nc3ccccc3[nH]2)C1)Cc1ccc(Cl)cc1. The molecule has 0 saturated carbocycles. The molecule has 186 valence electrons. The smallest absolute Gasteiger partial charge is 0.408 e. The van der Waals surface area contributed by atoms with Crippen LogP contribution in [0.3, 0.4) is 0 Å². The van der Waals surface area contributed by atoms with E-state index in [1.54, 1.807) is 12.1 Å². The van der Waals surface area contributed by atoms with Gasteiger partial charge in [0, 0.05) is 42.0 Å². The molecular weight excluding hydrogens is 464 g/mol. The number of aromatic nitrogens is 2. The van der Waals surface area contributed by atoms with Gasteiger partial charge in [-0.15, -0.1) is 0 Å². The van der Waals surface area contributed by atoms with Gasteiger partial charge in [-0.2, -0.15) is 0 Å². The van der Waals surface area contributed by atoms with Crippen molar-refractivity contribution in [3.63, 3.8) is 0 Å². The lowest BCUT2D eigenvalue weighted by Crippen LogP contribution is -2.54. The van der Waals surface area contributed by atoms with E-state index in [0.29, 0.717) is 24.5 Å². The number of halogens is 1. The second-order valence-electron chi connectivity index (χ2n) is 10.3. The first kappa shape index (κ1) is 25.0. The Balaban J connectivity index is 1.52. The first-order valence-electron chi connectivity index (χ1n) is 12.1. The summed E-state index contributed by atoms with van der Waals surface area (Å²) in [4.78, 5) is 37.2. The van der Waals surface area contributed by atoms with E-state index in [-0.39, 0.29) is 18.2 Å². The summed E-state index contributed by atoms with van der Waals surface area (Å²) in [6.07, 6.45) is 1.38. The molecule has 0 spiro atoms. The number of amides is 2. The first-order valence-corrected chi connectivity index (χ1v) is 12.5. The topological polar surface area (TPSA) is 89.5 Å². The Bertz CT molecular complexity index is 1150. The number of benzene rings is 2. The fraction of sp³-hybridized carbons (Fsp3) is 0.444. The van der Waals surface area contributed by atoms with Gasteiger partial charge < -0.3 is 15.0 Å². The third-order valence-electron chi connectivity index (χ3n) is 6.66. The number of carboxylic acid groups (broad SMARTS) is 1. The Morgan fingerprint density at radius 1 is 1.20 bits per heavy atom. The Labute approximate surface area is 211 Å². The maximum atomic E-state index is 13.5. The molecule has 2 amide bonds.